The fourth-order valence-electron chi connectivity index (χ4n) is 4.84. The molecule has 2 heterocycles. The number of imide groups is 1. The second kappa shape index (κ2) is 8.50. The van der Waals surface area contributed by atoms with Gasteiger partial charge in [-0.3, -0.25) is 14.5 Å². The lowest BCUT2D eigenvalue weighted by Gasteiger charge is -2.24. The van der Waals surface area contributed by atoms with Crippen LogP contribution in [-0.2, 0) is 11.3 Å². The quantitative estimate of drug-likeness (QED) is 0.543. The number of nitrogens with zero attached hydrogens (tertiary/aromatic N) is 2. The molecular formula is C24H28ClN3O3. The summed E-state index contributed by atoms with van der Waals surface area (Å²) in [7, 11) is 0. The molecule has 0 unspecified atom stereocenters. The molecule has 1 N–H and O–H groups in total. The Labute approximate surface area is 187 Å². The molecule has 2 aliphatic rings. The fourth-order valence-corrected chi connectivity index (χ4v) is 5.04. The van der Waals surface area contributed by atoms with Crippen LogP contribution in [-0.4, -0.2) is 39.3 Å². The van der Waals surface area contributed by atoms with Gasteiger partial charge in [-0.05, 0) is 44.4 Å². The van der Waals surface area contributed by atoms with E-state index < -0.39 is 11.6 Å². The van der Waals surface area contributed by atoms with Crippen molar-refractivity contribution in [1.29, 1.82) is 0 Å². The van der Waals surface area contributed by atoms with Gasteiger partial charge in [0, 0.05) is 28.5 Å². The Morgan fingerprint density at radius 1 is 1.10 bits per heavy atom. The van der Waals surface area contributed by atoms with Crippen molar-refractivity contribution < 1.29 is 14.4 Å². The topological polar surface area (TPSA) is 71.4 Å². The van der Waals surface area contributed by atoms with Crippen LogP contribution in [0.15, 0.2) is 30.3 Å². The number of aryl methyl sites for hydroxylation is 1. The third-order valence-corrected chi connectivity index (χ3v) is 7.03. The maximum Gasteiger partial charge on any atom is 0.325 e. The maximum atomic E-state index is 13.1. The monoisotopic (exact) mass is 441 g/mol. The smallest absolute Gasteiger partial charge is 0.325 e. The highest BCUT2D eigenvalue weighted by Gasteiger charge is 2.51. The molecule has 1 saturated heterocycles. The molecule has 3 amide bonds. The van der Waals surface area contributed by atoms with Gasteiger partial charge in [-0.15, -0.1) is 0 Å². The van der Waals surface area contributed by atoms with Crippen LogP contribution in [0.1, 0.15) is 65.8 Å². The molecule has 4 rings (SSSR count). The SMILES string of the molecule is Cc1cc(C(=O)CN2C(=O)NC3(CCCCCC3)C2=O)c(C)n1Cc1ccccc1Cl. The van der Waals surface area contributed by atoms with Gasteiger partial charge in [0.15, 0.2) is 5.78 Å². The molecule has 2 fully saturated rings. The Balaban J connectivity index is 1.53. The summed E-state index contributed by atoms with van der Waals surface area (Å²) in [5.74, 6) is -0.481. The molecular weight excluding hydrogens is 414 g/mol. The summed E-state index contributed by atoms with van der Waals surface area (Å²) in [5, 5.41) is 3.58. The van der Waals surface area contributed by atoms with E-state index in [0.717, 1.165) is 47.5 Å². The minimum atomic E-state index is -0.825. The third-order valence-electron chi connectivity index (χ3n) is 6.67. The molecule has 0 bridgehead atoms. The van der Waals surface area contributed by atoms with Crippen molar-refractivity contribution in [2.75, 3.05) is 6.54 Å². The highest BCUT2D eigenvalue weighted by molar-refractivity contribution is 6.31. The number of benzene rings is 1. The Hall–Kier alpha value is -2.60. The number of nitrogens with one attached hydrogen (secondary N) is 1. The summed E-state index contributed by atoms with van der Waals surface area (Å²) in [5.41, 5.74) is 2.41. The first-order valence-electron chi connectivity index (χ1n) is 10.9. The number of halogens is 1. The van der Waals surface area contributed by atoms with Crippen LogP contribution in [0.25, 0.3) is 0 Å². The van der Waals surface area contributed by atoms with E-state index in [1.807, 2.05) is 48.7 Å². The molecule has 1 spiro atoms. The summed E-state index contributed by atoms with van der Waals surface area (Å²) in [6, 6.07) is 9.00. The molecule has 0 atom stereocenters. The maximum absolute atomic E-state index is 13.1. The number of carbonyl (C=O) groups is 3. The Morgan fingerprint density at radius 3 is 2.45 bits per heavy atom. The zero-order valence-corrected chi connectivity index (χ0v) is 18.8. The molecule has 1 aromatic carbocycles. The Morgan fingerprint density at radius 2 is 1.77 bits per heavy atom. The number of hydrogen-bond acceptors (Lipinski definition) is 3. The number of urea groups is 1. The van der Waals surface area contributed by atoms with Gasteiger partial charge in [-0.25, -0.2) is 4.79 Å². The van der Waals surface area contributed by atoms with Gasteiger partial charge in [0.05, 0.1) is 6.54 Å². The van der Waals surface area contributed by atoms with E-state index in [1.165, 1.54) is 0 Å². The van der Waals surface area contributed by atoms with E-state index in [1.54, 1.807) is 0 Å². The lowest BCUT2D eigenvalue weighted by atomic mass is 9.90. The summed E-state index contributed by atoms with van der Waals surface area (Å²) in [6.07, 6.45) is 5.26. The number of ketones is 1. The predicted octanol–water partition coefficient (Wildman–Crippen LogP) is 4.63. The first-order chi connectivity index (χ1) is 14.8. The number of carbonyl (C=O) groups excluding carboxylic acids is 3. The molecule has 1 aliphatic carbocycles. The molecule has 31 heavy (non-hydrogen) atoms. The van der Waals surface area contributed by atoms with Gasteiger partial charge in [0.25, 0.3) is 5.91 Å². The number of rotatable bonds is 5. The number of amides is 3. The minimum Gasteiger partial charge on any atom is -0.344 e. The average molecular weight is 442 g/mol. The van der Waals surface area contributed by atoms with E-state index >= 15 is 0 Å². The largest absolute Gasteiger partial charge is 0.344 e. The van der Waals surface area contributed by atoms with Crippen LogP contribution in [0, 0.1) is 13.8 Å². The number of aromatic nitrogens is 1. The zero-order chi connectivity index (χ0) is 22.2. The van der Waals surface area contributed by atoms with Gasteiger partial charge in [0.1, 0.15) is 5.54 Å². The summed E-state index contributed by atoms with van der Waals surface area (Å²) < 4.78 is 2.03. The number of Topliss-reactive ketones (excluding diaryl/α,β-unsaturated/α-hetero) is 1. The van der Waals surface area contributed by atoms with E-state index in [2.05, 4.69) is 5.32 Å². The fraction of sp³-hybridized carbons (Fsp3) is 0.458. The van der Waals surface area contributed by atoms with Gasteiger partial charge in [0.2, 0.25) is 0 Å². The first-order valence-corrected chi connectivity index (χ1v) is 11.3. The zero-order valence-electron chi connectivity index (χ0n) is 18.0. The van der Waals surface area contributed by atoms with Crippen LogP contribution in [0.3, 0.4) is 0 Å². The van der Waals surface area contributed by atoms with E-state index in [4.69, 9.17) is 11.6 Å². The lowest BCUT2D eigenvalue weighted by Crippen LogP contribution is -2.46. The van der Waals surface area contributed by atoms with Crippen LogP contribution in [0.5, 0.6) is 0 Å². The predicted molar refractivity (Wildman–Crippen MR) is 119 cm³/mol. The average Bonchev–Trinajstić information content (AvgIpc) is 3.02. The van der Waals surface area contributed by atoms with Crippen LogP contribution in [0.4, 0.5) is 4.79 Å². The van der Waals surface area contributed by atoms with Crippen molar-refractivity contribution in [1.82, 2.24) is 14.8 Å². The summed E-state index contributed by atoms with van der Waals surface area (Å²) >= 11 is 6.31. The van der Waals surface area contributed by atoms with Gasteiger partial charge in [-0.2, -0.15) is 0 Å². The van der Waals surface area contributed by atoms with E-state index in [9.17, 15) is 14.4 Å². The Bertz CT molecular complexity index is 1030. The van der Waals surface area contributed by atoms with Crippen molar-refractivity contribution in [3.63, 3.8) is 0 Å². The van der Waals surface area contributed by atoms with Gasteiger partial charge < -0.3 is 9.88 Å². The second-order valence-corrected chi connectivity index (χ2v) is 9.11. The molecule has 7 heteroatoms. The number of hydrogen-bond donors (Lipinski definition) is 1. The standard InChI is InChI=1S/C24H28ClN3O3/c1-16-13-19(17(2)27(16)14-18-9-5-6-10-20(18)25)21(29)15-28-22(30)24(26-23(28)31)11-7-3-4-8-12-24/h5-6,9-10,13H,3-4,7-8,11-12,14-15H2,1-2H3,(H,26,31). The summed E-state index contributed by atoms with van der Waals surface area (Å²) in [4.78, 5) is 39.9. The van der Waals surface area contributed by atoms with E-state index in [0.29, 0.717) is 30.0 Å². The normalized spacial score (nSPS) is 18.4. The molecule has 1 aromatic heterocycles. The van der Waals surface area contributed by atoms with Crippen molar-refractivity contribution in [3.8, 4) is 0 Å². The molecule has 1 aliphatic heterocycles. The van der Waals surface area contributed by atoms with Gasteiger partial charge in [-0.1, -0.05) is 55.5 Å². The van der Waals surface area contributed by atoms with Crippen LogP contribution in [0.2, 0.25) is 5.02 Å². The first kappa shape index (κ1) is 21.6. The molecule has 1 saturated carbocycles. The molecule has 164 valence electrons. The molecule has 2 aromatic rings. The van der Waals surface area contributed by atoms with E-state index in [-0.39, 0.29) is 18.2 Å². The molecule has 6 nitrogen and oxygen atoms in total. The van der Waals surface area contributed by atoms with Crippen molar-refractivity contribution in [2.24, 2.45) is 0 Å². The highest BCUT2D eigenvalue weighted by atomic mass is 35.5. The van der Waals surface area contributed by atoms with Crippen molar-refractivity contribution in [3.05, 3.63) is 57.9 Å². The Kier molecular flexibility index (Phi) is 5.93. The van der Waals surface area contributed by atoms with Gasteiger partial charge >= 0.3 is 6.03 Å². The minimum absolute atomic E-state index is 0.229. The van der Waals surface area contributed by atoms with Crippen LogP contribution >= 0.6 is 11.6 Å². The summed E-state index contributed by atoms with van der Waals surface area (Å²) in [6.45, 7) is 4.14. The van der Waals surface area contributed by atoms with Crippen molar-refractivity contribution >= 4 is 29.3 Å². The molecule has 0 radical (unpaired) electrons. The van der Waals surface area contributed by atoms with Crippen molar-refractivity contribution in [2.45, 2.75) is 64.5 Å². The second-order valence-electron chi connectivity index (χ2n) is 8.70. The third kappa shape index (κ3) is 4.01. The highest BCUT2D eigenvalue weighted by Crippen LogP contribution is 2.33. The van der Waals surface area contributed by atoms with Crippen LogP contribution < -0.4 is 5.32 Å². The lowest BCUT2D eigenvalue weighted by molar-refractivity contribution is -0.131.